The number of aromatic hydroxyl groups is 1. The van der Waals surface area contributed by atoms with Crippen molar-refractivity contribution < 1.29 is 24.1 Å². The maximum Gasteiger partial charge on any atom is 0.289 e. The van der Waals surface area contributed by atoms with E-state index in [1.807, 2.05) is 51.1 Å². The highest BCUT2D eigenvalue weighted by Crippen LogP contribution is 2.37. The van der Waals surface area contributed by atoms with Gasteiger partial charge in [-0.25, -0.2) is 0 Å². The van der Waals surface area contributed by atoms with Crippen molar-refractivity contribution >= 4 is 5.91 Å². The van der Waals surface area contributed by atoms with Crippen LogP contribution in [-0.4, -0.2) is 58.4 Å². The third kappa shape index (κ3) is 5.46. The summed E-state index contributed by atoms with van der Waals surface area (Å²) < 4.78 is 18.3. The van der Waals surface area contributed by atoms with Crippen molar-refractivity contribution in [2.24, 2.45) is 0 Å². The number of aromatic nitrogens is 2. The Kier molecular flexibility index (Phi) is 7.54. The van der Waals surface area contributed by atoms with Gasteiger partial charge in [-0.3, -0.25) is 14.2 Å². The largest absolute Gasteiger partial charge is 0.494 e. The number of carbonyl (C=O) groups is 1. The molecule has 4 rings (SSSR count). The lowest BCUT2D eigenvalue weighted by Crippen LogP contribution is -2.35. The van der Waals surface area contributed by atoms with Crippen LogP contribution in [0, 0.1) is 0 Å². The number of ether oxygens (including phenoxy) is 3. The van der Waals surface area contributed by atoms with Crippen LogP contribution in [0.4, 0.5) is 0 Å². The summed E-state index contributed by atoms with van der Waals surface area (Å²) >= 11 is 0. The summed E-state index contributed by atoms with van der Waals surface area (Å²) in [5.74, 6) is -0.124. The number of benzene rings is 2. The zero-order chi connectivity index (χ0) is 26.7. The molecule has 3 aromatic rings. The predicted octanol–water partition coefficient (Wildman–Crippen LogP) is 3.90. The standard InChI is InChI=1S/C28H33N3O6/c1-28(2,3)37-17-22-29-25(32)23(26(33)30-15-14-19(16-30)18-10-7-6-8-11-18)27(34)31(22)24-20(35-4)12-9-13-21(24)36-5/h6-13,19,34H,14-17H2,1-5H3/t19-/m0/s1. The molecule has 0 radical (unpaired) electrons. The van der Waals surface area contributed by atoms with Crippen molar-refractivity contribution in [3.8, 4) is 23.1 Å². The van der Waals surface area contributed by atoms with Crippen molar-refractivity contribution in [1.29, 1.82) is 0 Å². The van der Waals surface area contributed by atoms with Gasteiger partial charge in [0.25, 0.3) is 11.5 Å². The highest BCUT2D eigenvalue weighted by molar-refractivity contribution is 5.96. The van der Waals surface area contributed by atoms with Crippen LogP contribution in [0.3, 0.4) is 0 Å². The van der Waals surface area contributed by atoms with E-state index in [0.717, 1.165) is 12.0 Å². The minimum Gasteiger partial charge on any atom is -0.494 e. The lowest BCUT2D eigenvalue weighted by atomic mass is 9.99. The number of rotatable bonds is 7. The molecule has 9 nitrogen and oxygen atoms in total. The molecule has 1 amide bonds. The maximum atomic E-state index is 13.6. The van der Waals surface area contributed by atoms with Crippen LogP contribution in [0.25, 0.3) is 5.69 Å². The third-order valence-corrected chi connectivity index (χ3v) is 6.36. The minimum absolute atomic E-state index is 0.0955. The fourth-order valence-corrected chi connectivity index (χ4v) is 4.50. The molecule has 0 saturated carbocycles. The van der Waals surface area contributed by atoms with E-state index in [1.165, 1.54) is 18.8 Å². The SMILES string of the molecule is COc1cccc(OC)c1-n1c(COC(C)(C)C)nc(=O)c(C(=O)N2CC[C@H](c3ccccc3)C2)c1O. The highest BCUT2D eigenvalue weighted by Gasteiger charge is 2.34. The molecule has 0 aliphatic carbocycles. The molecule has 1 saturated heterocycles. The van der Waals surface area contributed by atoms with Crippen LogP contribution in [0.15, 0.2) is 53.3 Å². The topological polar surface area (TPSA) is 103 Å². The molecule has 1 aliphatic rings. The molecule has 2 aromatic carbocycles. The molecule has 0 spiro atoms. The number of carbonyl (C=O) groups excluding carboxylic acids is 1. The summed E-state index contributed by atoms with van der Waals surface area (Å²) in [6.45, 7) is 6.41. The zero-order valence-electron chi connectivity index (χ0n) is 21.9. The number of para-hydroxylation sites is 1. The Labute approximate surface area is 216 Å². The summed E-state index contributed by atoms with van der Waals surface area (Å²) in [6, 6.07) is 15.1. The second-order valence-corrected chi connectivity index (χ2v) is 9.93. The molecule has 37 heavy (non-hydrogen) atoms. The Morgan fingerprint density at radius 3 is 2.30 bits per heavy atom. The molecule has 1 atom stereocenters. The van der Waals surface area contributed by atoms with E-state index < -0.39 is 28.5 Å². The van der Waals surface area contributed by atoms with E-state index >= 15 is 0 Å². The first-order chi connectivity index (χ1) is 17.6. The molecule has 1 N–H and O–H groups in total. The molecule has 2 heterocycles. The van der Waals surface area contributed by atoms with Crippen molar-refractivity contribution in [3.63, 3.8) is 0 Å². The number of hydrogen-bond acceptors (Lipinski definition) is 7. The summed E-state index contributed by atoms with van der Waals surface area (Å²) in [4.78, 5) is 32.6. The first kappa shape index (κ1) is 26.2. The Morgan fingerprint density at radius 2 is 1.70 bits per heavy atom. The van der Waals surface area contributed by atoms with Crippen molar-refractivity contribution in [2.75, 3.05) is 27.3 Å². The molecule has 1 aromatic heterocycles. The van der Waals surface area contributed by atoms with Gasteiger partial charge in [0.1, 0.15) is 29.6 Å². The van der Waals surface area contributed by atoms with E-state index in [2.05, 4.69) is 4.98 Å². The smallest absolute Gasteiger partial charge is 0.289 e. The van der Waals surface area contributed by atoms with Crippen LogP contribution in [0.5, 0.6) is 17.4 Å². The summed E-state index contributed by atoms with van der Waals surface area (Å²) in [5.41, 5.74) is -0.322. The van der Waals surface area contributed by atoms with E-state index in [-0.39, 0.29) is 18.3 Å². The van der Waals surface area contributed by atoms with Crippen LogP contribution in [0.1, 0.15) is 54.9 Å². The second-order valence-electron chi connectivity index (χ2n) is 9.93. The Balaban J connectivity index is 1.81. The number of likely N-dealkylation sites (tertiary alicyclic amines) is 1. The summed E-state index contributed by atoms with van der Waals surface area (Å²) in [6.07, 6.45) is 0.760. The number of amides is 1. The van der Waals surface area contributed by atoms with E-state index in [4.69, 9.17) is 14.2 Å². The maximum absolute atomic E-state index is 13.6. The van der Waals surface area contributed by atoms with Gasteiger partial charge >= 0.3 is 0 Å². The number of hydrogen-bond donors (Lipinski definition) is 1. The Morgan fingerprint density at radius 1 is 1.05 bits per heavy atom. The van der Waals surface area contributed by atoms with Gasteiger partial charge in [-0.15, -0.1) is 0 Å². The van der Waals surface area contributed by atoms with Gasteiger partial charge in [0.05, 0.1) is 19.8 Å². The van der Waals surface area contributed by atoms with Gasteiger partial charge in [-0.05, 0) is 44.9 Å². The molecular weight excluding hydrogens is 474 g/mol. The van der Waals surface area contributed by atoms with Gasteiger partial charge in [0.2, 0.25) is 5.88 Å². The van der Waals surface area contributed by atoms with Gasteiger partial charge in [0.15, 0.2) is 5.56 Å². The van der Waals surface area contributed by atoms with Crippen LogP contribution in [-0.2, 0) is 11.3 Å². The molecule has 0 unspecified atom stereocenters. The molecule has 9 heteroatoms. The molecular formula is C28H33N3O6. The average molecular weight is 508 g/mol. The second kappa shape index (κ2) is 10.6. The molecule has 1 aliphatic heterocycles. The van der Waals surface area contributed by atoms with Crippen LogP contribution in [0.2, 0.25) is 0 Å². The highest BCUT2D eigenvalue weighted by atomic mass is 16.5. The van der Waals surface area contributed by atoms with Crippen LogP contribution >= 0.6 is 0 Å². The van der Waals surface area contributed by atoms with Crippen molar-refractivity contribution in [1.82, 2.24) is 14.5 Å². The first-order valence-electron chi connectivity index (χ1n) is 12.2. The molecule has 196 valence electrons. The van der Waals surface area contributed by atoms with Crippen molar-refractivity contribution in [3.05, 3.63) is 75.8 Å². The minimum atomic E-state index is -0.816. The molecule has 1 fully saturated rings. The quantitative estimate of drug-likeness (QED) is 0.517. The van der Waals surface area contributed by atoms with E-state index in [0.29, 0.717) is 30.3 Å². The van der Waals surface area contributed by atoms with Gasteiger partial charge in [-0.1, -0.05) is 36.4 Å². The Bertz CT molecular complexity index is 1310. The normalized spacial score (nSPS) is 15.6. The fraction of sp³-hybridized carbons (Fsp3) is 0.393. The lowest BCUT2D eigenvalue weighted by Gasteiger charge is -2.24. The monoisotopic (exact) mass is 507 g/mol. The van der Waals surface area contributed by atoms with Gasteiger partial charge in [0, 0.05) is 19.0 Å². The average Bonchev–Trinajstić information content (AvgIpc) is 3.37. The zero-order valence-corrected chi connectivity index (χ0v) is 21.9. The van der Waals surface area contributed by atoms with E-state index in [9.17, 15) is 14.7 Å². The summed E-state index contributed by atoms with van der Waals surface area (Å²) in [5, 5.41) is 11.5. The number of methoxy groups -OCH3 is 2. The predicted molar refractivity (Wildman–Crippen MR) is 139 cm³/mol. The summed E-state index contributed by atoms with van der Waals surface area (Å²) in [7, 11) is 2.97. The Hall–Kier alpha value is -3.85. The number of nitrogens with zero attached hydrogens (tertiary/aromatic N) is 3. The van der Waals surface area contributed by atoms with E-state index in [1.54, 1.807) is 23.1 Å². The van der Waals surface area contributed by atoms with Gasteiger partial charge in [-0.2, -0.15) is 4.98 Å². The van der Waals surface area contributed by atoms with Crippen LogP contribution < -0.4 is 15.0 Å². The lowest BCUT2D eigenvalue weighted by molar-refractivity contribution is -0.0193. The first-order valence-corrected chi connectivity index (χ1v) is 12.2. The third-order valence-electron chi connectivity index (χ3n) is 6.36. The van der Waals surface area contributed by atoms with Gasteiger partial charge < -0.3 is 24.2 Å². The van der Waals surface area contributed by atoms with Crippen molar-refractivity contribution in [2.45, 2.75) is 45.3 Å². The molecule has 0 bridgehead atoms. The fourth-order valence-electron chi connectivity index (χ4n) is 4.50.